The first-order chi connectivity index (χ1) is 9.69. The quantitative estimate of drug-likeness (QED) is 0.836. The van der Waals surface area contributed by atoms with Crippen molar-refractivity contribution in [3.05, 3.63) is 23.9 Å². The lowest BCUT2D eigenvalue weighted by Crippen LogP contribution is -2.32. The molecule has 0 bridgehead atoms. The van der Waals surface area contributed by atoms with E-state index in [0.29, 0.717) is 5.56 Å². The summed E-state index contributed by atoms with van der Waals surface area (Å²) in [6.07, 6.45) is 5.04. The van der Waals surface area contributed by atoms with Gasteiger partial charge in [-0.05, 0) is 38.3 Å². The van der Waals surface area contributed by atoms with Crippen LogP contribution in [0.2, 0.25) is 0 Å². The molecule has 0 radical (unpaired) electrons. The molecule has 5 heteroatoms. The van der Waals surface area contributed by atoms with Crippen LogP contribution in [0.4, 0.5) is 5.82 Å². The summed E-state index contributed by atoms with van der Waals surface area (Å²) in [7, 11) is 0. The van der Waals surface area contributed by atoms with Crippen LogP contribution in [-0.4, -0.2) is 36.2 Å². The minimum Gasteiger partial charge on any atom is -0.376 e. The molecule has 2 rings (SSSR count). The van der Waals surface area contributed by atoms with Crippen molar-refractivity contribution in [1.82, 2.24) is 10.3 Å². The first kappa shape index (κ1) is 14.8. The lowest BCUT2D eigenvalue weighted by molar-refractivity contribution is 0.0939. The lowest BCUT2D eigenvalue weighted by atomic mass is 10.2. The second kappa shape index (κ2) is 7.24. The van der Waals surface area contributed by atoms with Crippen LogP contribution in [0.15, 0.2) is 18.3 Å². The Labute approximate surface area is 120 Å². The number of anilines is 1. The Bertz CT molecular complexity index is 427. The van der Waals surface area contributed by atoms with Crippen molar-refractivity contribution in [2.24, 2.45) is 0 Å². The van der Waals surface area contributed by atoms with Gasteiger partial charge in [0.1, 0.15) is 5.82 Å². The highest BCUT2D eigenvalue weighted by atomic mass is 16.5. The minimum atomic E-state index is -0.0717. The van der Waals surface area contributed by atoms with Crippen LogP contribution in [0.1, 0.15) is 43.5 Å². The van der Waals surface area contributed by atoms with Gasteiger partial charge in [-0.1, -0.05) is 6.92 Å². The van der Waals surface area contributed by atoms with Crippen LogP contribution in [0.25, 0.3) is 0 Å². The van der Waals surface area contributed by atoms with Crippen LogP contribution in [0, 0.1) is 0 Å². The Morgan fingerprint density at radius 3 is 3.00 bits per heavy atom. The Morgan fingerprint density at radius 2 is 2.40 bits per heavy atom. The summed E-state index contributed by atoms with van der Waals surface area (Å²) in [6.45, 7) is 5.66. The SMILES string of the molecule is CCC(C)NC(=O)c1ccc(NCC2CCCO2)nc1. The van der Waals surface area contributed by atoms with Crippen molar-refractivity contribution in [1.29, 1.82) is 0 Å². The number of nitrogens with one attached hydrogen (secondary N) is 2. The van der Waals surface area contributed by atoms with Gasteiger partial charge in [0.25, 0.3) is 5.91 Å². The Morgan fingerprint density at radius 1 is 1.55 bits per heavy atom. The molecule has 1 aromatic rings. The third-order valence-electron chi connectivity index (χ3n) is 3.55. The standard InChI is InChI=1S/C15H23N3O2/c1-3-11(2)18-15(19)12-6-7-14(16-9-12)17-10-13-5-4-8-20-13/h6-7,9,11,13H,3-5,8,10H2,1-2H3,(H,16,17)(H,18,19). The van der Waals surface area contributed by atoms with Crippen molar-refractivity contribution in [3.8, 4) is 0 Å². The molecular weight excluding hydrogens is 254 g/mol. The molecule has 2 heterocycles. The lowest BCUT2D eigenvalue weighted by Gasteiger charge is -2.13. The third kappa shape index (κ3) is 4.20. The van der Waals surface area contributed by atoms with E-state index in [9.17, 15) is 4.79 Å². The van der Waals surface area contributed by atoms with Gasteiger partial charge in [-0.15, -0.1) is 0 Å². The maximum atomic E-state index is 11.9. The van der Waals surface area contributed by atoms with Crippen molar-refractivity contribution in [2.45, 2.75) is 45.3 Å². The van der Waals surface area contributed by atoms with E-state index in [4.69, 9.17) is 4.74 Å². The van der Waals surface area contributed by atoms with E-state index in [1.807, 2.05) is 19.9 Å². The normalized spacial score (nSPS) is 19.6. The second-order valence-electron chi connectivity index (χ2n) is 5.23. The third-order valence-corrected chi connectivity index (χ3v) is 3.55. The Kier molecular flexibility index (Phi) is 5.35. The highest BCUT2D eigenvalue weighted by Crippen LogP contribution is 2.13. The largest absolute Gasteiger partial charge is 0.376 e. The summed E-state index contributed by atoms with van der Waals surface area (Å²) in [5, 5.41) is 6.16. The van der Waals surface area contributed by atoms with E-state index in [1.165, 1.54) is 0 Å². The van der Waals surface area contributed by atoms with Gasteiger partial charge >= 0.3 is 0 Å². The van der Waals surface area contributed by atoms with Gasteiger partial charge in [-0.25, -0.2) is 4.98 Å². The summed E-state index contributed by atoms with van der Waals surface area (Å²) in [6, 6.07) is 3.81. The van der Waals surface area contributed by atoms with Gasteiger partial charge in [-0.3, -0.25) is 4.79 Å². The van der Waals surface area contributed by atoms with Crippen molar-refractivity contribution in [2.75, 3.05) is 18.5 Å². The molecule has 0 spiro atoms. The predicted octanol–water partition coefficient (Wildman–Crippen LogP) is 2.20. The number of ether oxygens (including phenoxy) is 1. The fourth-order valence-electron chi connectivity index (χ4n) is 2.07. The zero-order valence-electron chi connectivity index (χ0n) is 12.2. The summed E-state index contributed by atoms with van der Waals surface area (Å²) >= 11 is 0. The van der Waals surface area contributed by atoms with Crippen LogP contribution in [-0.2, 0) is 4.74 Å². The summed E-state index contributed by atoms with van der Waals surface area (Å²) in [5.74, 6) is 0.707. The first-order valence-corrected chi connectivity index (χ1v) is 7.31. The van der Waals surface area contributed by atoms with Gasteiger partial charge in [0.05, 0.1) is 11.7 Å². The summed E-state index contributed by atoms with van der Waals surface area (Å²) in [4.78, 5) is 16.2. The number of aromatic nitrogens is 1. The van der Waals surface area contributed by atoms with E-state index >= 15 is 0 Å². The number of amides is 1. The van der Waals surface area contributed by atoms with Crippen molar-refractivity contribution >= 4 is 11.7 Å². The number of nitrogens with zero attached hydrogens (tertiary/aromatic N) is 1. The molecule has 5 nitrogen and oxygen atoms in total. The van der Waals surface area contributed by atoms with E-state index in [2.05, 4.69) is 15.6 Å². The number of carbonyl (C=O) groups excluding carboxylic acids is 1. The van der Waals surface area contributed by atoms with Crippen LogP contribution in [0.3, 0.4) is 0 Å². The van der Waals surface area contributed by atoms with E-state index in [1.54, 1.807) is 12.3 Å². The zero-order chi connectivity index (χ0) is 14.4. The molecular formula is C15H23N3O2. The molecule has 0 aromatic carbocycles. The molecule has 1 fully saturated rings. The van der Waals surface area contributed by atoms with Crippen molar-refractivity contribution < 1.29 is 9.53 Å². The second-order valence-corrected chi connectivity index (χ2v) is 5.23. The van der Waals surface area contributed by atoms with Gasteiger partial charge in [-0.2, -0.15) is 0 Å². The maximum Gasteiger partial charge on any atom is 0.253 e. The first-order valence-electron chi connectivity index (χ1n) is 7.31. The van der Waals surface area contributed by atoms with Gasteiger partial charge in [0, 0.05) is 25.4 Å². The number of pyridine rings is 1. The Hall–Kier alpha value is -1.62. The van der Waals surface area contributed by atoms with E-state index < -0.39 is 0 Å². The number of rotatable bonds is 6. The van der Waals surface area contributed by atoms with E-state index in [0.717, 1.165) is 38.2 Å². The molecule has 2 unspecified atom stereocenters. The highest BCUT2D eigenvalue weighted by Gasteiger charge is 2.15. The fraction of sp³-hybridized carbons (Fsp3) is 0.600. The maximum absolute atomic E-state index is 11.9. The molecule has 2 N–H and O–H groups in total. The fourth-order valence-corrected chi connectivity index (χ4v) is 2.07. The predicted molar refractivity (Wildman–Crippen MR) is 78.9 cm³/mol. The molecule has 0 saturated carbocycles. The molecule has 20 heavy (non-hydrogen) atoms. The monoisotopic (exact) mass is 277 g/mol. The Balaban J connectivity index is 1.84. The van der Waals surface area contributed by atoms with Gasteiger partial charge in [0.2, 0.25) is 0 Å². The van der Waals surface area contributed by atoms with Crippen LogP contribution in [0.5, 0.6) is 0 Å². The van der Waals surface area contributed by atoms with Gasteiger partial charge in [0.15, 0.2) is 0 Å². The van der Waals surface area contributed by atoms with Gasteiger partial charge < -0.3 is 15.4 Å². The summed E-state index contributed by atoms with van der Waals surface area (Å²) in [5.41, 5.74) is 0.591. The molecule has 1 saturated heterocycles. The van der Waals surface area contributed by atoms with E-state index in [-0.39, 0.29) is 18.1 Å². The molecule has 110 valence electrons. The van der Waals surface area contributed by atoms with Crippen LogP contribution < -0.4 is 10.6 Å². The molecule has 1 amide bonds. The molecule has 1 aliphatic rings. The van der Waals surface area contributed by atoms with Crippen LogP contribution >= 0.6 is 0 Å². The number of hydrogen-bond donors (Lipinski definition) is 2. The molecule has 0 aliphatic carbocycles. The zero-order valence-corrected chi connectivity index (χ0v) is 12.2. The average Bonchev–Trinajstić information content (AvgIpc) is 2.98. The smallest absolute Gasteiger partial charge is 0.253 e. The number of hydrogen-bond acceptors (Lipinski definition) is 4. The highest BCUT2D eigenvalue weighted by molar-refractivity contribution is 5.94. The average molecular weight is 277 g/mol. The number of carbonyl (C=O) groups is 1. The molecule has 2 atom stereocenters. The molecule has 1 aliphatic heterocycles. The molecule has 1 aromatic heterocycles. The summed E-state index contributed by atoms with van der Waals surface area (Å²) < 4.78 is 5.54. The topological polar surface area (TPSA) is 63.2 Å². The van der Waals surface area contributed by atoms with Crippen molar-refractivity contribution in [3.63, 3.8) is 0 Å². The minimum absolute atomic E-state index is 0.0717.